The zero-order valence-electron chi connectivity index (χ0n) is 12.0. The van der Waals surface area contributed by atoms with Gasteiger partial charge < -0.3 is 25.1 Å². The highest BCUT2D eigenvalue weighted by Crippen LogP contribution is 2.28. The van der Waals surface area contributed by atoms with Gasteiger partial charge in [0.1, 0.15) is 17.2 Å². The predicted molar refractivity (Wildman–Crippen MR) is 73.9 cm³/mol. The zero-order chi connectivity index (χ0) is 14.5. The second-order valence-corrected chi connectivity index (χ2v) is 4.88. The summed E-state index contributed by atoms with van der Waals surface area (Å²) in [7, 11) is 3.17. The normalized spacial score (nSPS) is 15.5. The van der Waals surface area contributed by atoms with Crippen LogP contribution >= 0.6 is 0 Å². The molecule has 2 atom stereocenters. The van der Waals surface area contributed by atoms with Gasteiger partial charge in [0.2, 0.25) is 0 Å². The molecule has 0 saturated heterocycles. The Morgan fingerprint density at radius 3 is 2.05 bits per heavy atom. The lowest BCUT2D eigenvalue weighted by Gasteiger charge is -2.25. The highest BCUT2D eigenvalue weighted by molar-refractivity contribution is 5.42. The molecule has 0 saturated carbocycles. The molecule has 0 bridgehead atoms. The van der Waals surface area contributed by atoms with Crippen LogP contribution in [0.5, 0.6) is 17.2 Å². The lowest BCUT2D eigenvalue weighted by Crippen LogP contribution is -2.38. The number of rotatable bonds is 7. The Kier molecular flexibility index (Phi) is 5.44. The molecule has 1 rings (SSSR count). The number of ether oxygens (including phenoxy) is 3. The van der Waals surface area contributed by atoms with Crippen LogP contribution in [0.15, 0.2) is 18.2 Å². The van der Waals surface area contributed by atoms with Crippen molar-refractivity contribution in [3.63, 3.8) is 0 Å². The second kappa shape index (κ2) is 6.63. The molecule has 3 N–H and O–H groups in total. The van der Waals surface area contributed by atoms with Gasteiger partial charge in [0.15, 0.2) is 0 Å². The molecule has 0 aliphatic carbocycles. The molecule has 1 aromatic carbocycles. The predicted octanol–water partition coefficient (Wildman–Crippen LogP) is 1.57. The van der Waals surface area contributed by atoms with Crippen LogP contribution in [0.25, 0.3) is 0 Å². The minimum absolute atomic E-state index is 0.171. The Morgan fingerprint density at radius 1 is 1.16 bits per heavy atom. The Labute approximate surface area is 114 Å². The van der Waals surface area contributed by atoms with Gasteiger partial charge >= 0.3 is 0 Å². The zero-order valence-corrected chi connectivity index (χ0v) is 12.0. The summed E-state index contributed by atoms with van der Waals surface area (Å²) in [6.07, 6.45) is 0.276. The summed E-state index contributed by atoms with van der Waals surface area (Å²) in [4.78, 5) is 0. The fourth-order valence-electron chi connectivity index (χ4n) is 1.83. The molecule has 1 aromatic rings. The molecule has 0 heterocycles. The van der Waals surface area contributed by atoms with Crippen LogP contribution in [0, 0.1) is 0 Å². The van der Waals surface area contributed by atoms with E-state index in [4.69, 9.17) is 19.9 Å². The first-order chi connectivity index (χ1) is 8.90. The maximum Gasteiger partial charge on any atom is 0.127 e. The second-order valence-electron chi connectivity index (χ2n) is 4.88. The van der Waals surface area contributed by atoms with Crippen LogP contribution in [-0.2, 0) is 0 Å². The highest BCUT2D eigenvalue weighted by atomic mass is 16.5. The summed E-state index contributed by atoms with van der Waals surface area (Å²) in [6.45, 7) is 3.78. The van der Waals surface area contributed by atoms with Crippen molar-refractivity contribution in [2.45, 2.75) is 32.0 Å². The van der Waals surface area contributed by atoms with Crippen LogP contribution in [0.4, 0.5) is 0 Å². The lowest BCUT2D eigenvalue weighted by atomic mass is 9.99. The number of hydrogen-bond donors (Lipinski definition) is 2. The van der Waals surface area contributed by atoms with Gasteiger partial charge in [-0.3, -0.25) is 0 Å². The third kappa shape index (κ3) is 4.96. The van der Waals surface area contributed by atoms with E-state index in [2.05, 4.69) is 0 Å². The van der Waals surface area contributed by atoms with E-state index in [1.165, 1.54) is 0 Å². The van der Waals surface area contributed by atoms with E-state index in [1.54, 1.807) is 39.3 Å². The van der Waals surface area contributed by atoms with E-state index >= 15 is 0 Å². The fourth-order valence-corrected chi connectivity index (χ4v) is 1.83. The molecule has 0 spiro atoms. The summed E-state index contributed by atoms with van der Waals surface area (Å²) < 4.78 is 16.1. The summed E-state index contributed by atoms with van der Waals surface area (Å²) in [5.74, 6) is 1.95. The molecule has 19 heavy (non-hydrogen) atoms. The van der Waals surface area contributed by atoms with E-state index in [0.717, 1.165) is 0 Å². The fraction of sp³-hybridized carbons (Fsp3) is 0.571. The average Bonchev–Trinajstić information content (AvgIpc) is 2.37. The topological polar surface area (TPSA) is 73.9 Å². The number of aliphatic hydroxyl groups is 1. The summed E-state index contributed by atoms with van der Waals surface area (Å²) in [6, 6.07) is 5.32. The van der Waals surface area contributed by atoms with Gasteiger partial charge in [-0.05, 0) is 13.8 Å². The Hall–Kier alpha value is -1.46. The number of methoxy groups -OCH3 is 2. The van der Waals surface area contributed by atoms with E-state index < -0.39 is 5.60 Å². The molecule has 0 amide bonds. The largest absolute Gasteiger partial charge is 0.496 e. The molecule has 0 fully saturated rings. The molecule has 0 aliphatic heterocycles. The lowest BCUT2D eigenvalue weighted by molar-refractivity contribution is 0.0236. The van der Waals surface area contributed by atoms with Gasteiger partial charge in [0, 0.05) is 31.2 Å². The van der Waals surface area contributed by atoms with Gasteiger partial charge in [0.05, 0.1) is 25.9 Å². The van der Waals surface area contributed by atoms with Crippen LogP contribution in [0.2, 0.25) is 0 Å². The van der Waals surface area contributed by atoms with Crippen molar-refractivity contribution < 1.29 is 19.3 Å². The van der Waals surface area contributed by atoms with Crippen molar-refractivity contribution in [2.75, 3.05) is 20.8 Å². The van der Waals surface area contributed by atoms with Gasteiger partial charge in [0.25, 0.3) is 0 Å². The van der Waals surface area contributed by atoms with Crippen LogP contribution in [-0.4, -0.2) is 37.6 Å². The van der Waals surface area contributed by atoms with Gasteiger partial charge in [-0.2, -0.15) is 0 Å². The van der Waals surface area contributed by atoms with Crippen molar-refractivity contribution >= 4 is 0 Å². The SMILES string of the molecule is COc1cc(OC)cc(OC(C)CC(C)(O)CN)c1. The standard InChI is InChI=1S/C14H23NO4/c1-10(8-14(2,16)9-15)19-13-6-11(17-3)5-12(7-13)18-4/h5-7,10,16H,8-9,15H2,1-4H3. The van der Waals surface area contributed by atoms with E-state index in [-0.39, 0.29) is 12.6 Å². The van der Waals surface area contributed by atoms with Gasteiger partial charge in [-0.1, -0.05) is 0 Å². The van der Waals surface area contributed by atoms with E-state index in [1.807, 2.05) is 6.92 Å². The molecular weight excluding hydrogens is 246 g/mol. The van der Waals surface area contributed by atoms with Crippen LogP contribution < -0.4 is 19.9 Å². The molecule has 2 unspecified atom stereocenters. The van der Waals surface area contributed by atoms with Crippen LogP contribution in [0.3, 0.4) is 0 Å². The molecule has 0 radical (unpaired) electrons. The Morgan fingerprint density at radius 2 is 1.63 bits per heavy atom. The Bertz CT molecular complexity index is 384. The molecule has 108 valence electrons. The minimum atomic E-state index is -0.928. The van der Waals surface area contributed by atoms with Crippen molar-refractivity contribution in [1.82, 2.24) is 0 Å². The maximum absolute atomic E-state index is 9.92. The highest BCUT2D eigenvalue weighted by Gasteiger charge is 2.22. The first-order valence-electron chi connectivity index (χ1n) is 6.22. The summed E-state index contributed by atoms with van der Waals surface area (Å²) in [5.41, 5.74) is 4.57. The first kappa shape index (κ1) is 15.6. The summed E-state index contributed by atoms with van der Waals surface area (Å²) >= 11 is 0. The number of nitrogens with two attached hydrogens (primary N) is 1. The smallest absolute Gasteiger partial charge is 0.127 e. The van der Waals surface area contributed by atoms with Gasteiger partial charge in [-0.25, -0.2) is 0 Å². The van der Waals surface area contributed by atoms with Crippen molar-refractivity contribution in [3.05, 3.63) is 18.2 Å². The monoisotopic (exact) mass is 269 g/mol. The molecule has 0 aromatic heterocycles. The minimum Gasteiger partial charge on any atom is -0.496 e. The number of hydrogen-bond acceptors (Lipinski definition) is 5. The van der Waals surface area contributed by atoms with Crippen molar-refractivity contribution in [3.8, 4) is 17.2 Å². The third-order valence-electron chi connectivity index (χ3n) is 2.83. The third-order valence-corrected chi connectivity index (χ3v) is 2.83. The van der Waals surface area contributed by atoms with Crippen molar-refractivity contribution in [2.24, 2.45) is 5.73 Å². The number of benzene rings is 1. The summed E-state index contributed by atoms with van der Waals surface area (Å²) in [5, 5.41) is 9.92. The van der Waals surface area contributed by atoms with Crippen molar-refractivity contribution in [1.29, 1.82) is 0 Å². The quantitative estimate of drug-likeness (QED) is 0.786. The molecule has 0 aliphatic rings. The van der Waals surface area contributed by atoms with Gasteiger partial charge in [-0.15, -0.1) is 0 Å². The molecule has 5 nitrogen and oxygen atoms in total. The maximum atomic E-state index is 9.92. The average molecular weight is 269 g/mol. The molecule has 5 heteroatoms. The van der Waals surface area contributed by atoms with E-state index in [9.17, 15) is 5.11 Å². The molecular formula is C14H23NO4. The Balaban J connectivity index is 2.75. The van der Waals surface area contributed by atoms with Crippen LogP contribution in [0.1, 0.15) is 20.3 Å². The van der Waals surface area contributed by atoms with E-state index in [0.29, 0.717) is 23.7 Å². The first-order valence-corrected chi connectivity index (χ1v) is 6.22.